The van der Waals surface area contributed by atoms with Crippen molar-refractivity contribution in [2.75, 3.05) is 6.61 Å². The second kappa shape index (κ2) is 6.48. The molecule has 0 bridgehead atoms. The van der Waals surface area contributed by atoms with Gasteiger partial charge < -0.3 is 14.7 Å². The Morgan fingerprint density at radius 2 is 2.25 bits per heavy atom. The highest BCUT2D eigenvalue weighted by Crippen LogP contribution is 2.43. The number of rotatable bonds is 4. The van der Waals surface area contributed by atoms with Crippen molar-refractivity contribution >= 4 is 35.7 Å². The number of carboxylic acid groups (broad SMARTS) is 1. The van der Waals surface area contributed by atoms with Crippen molar-refractivity contribution in [1.82, 2.24) is 9.88 Å². The van der Waals surface area contributed by atoms with Crippen LogP contribution < -0.4 is 0 Å². The average molecular weight is 346 g/mol. The lowest BCUT2D eigenvalue weighted by Crippen LogP contribution is -2.62. The van der Waals surface area contributed by atoms with Gasteiger partial charge in [-0.15, -0.1) is 11.8 Å². The molecule has 1 amide bonds. The summed E-state index contributed by atoms with van der Waals surface area (Å²) in [5, 5.41) is 10.8. The summed E-state index contributed by atoms with van der Waals surface area (Å²) >= 11 is 1.32. The fraction of sp³-hybridized carbons (Fsp3) is 0.250. The summed E-state index contributed by atoms with van der Waals surface area (Å²) in [6, 6.07) is 4.24. The van der Waals surface area contributed by atoms with Crippen molar-refractivity contribution in [3.05, 3.63) is 46.6 Å². The zero-order chi connectivity index (χ0) is 17.3. The predicted molar refractivity (Wildman–Crippen MR) is 86.6 cm³/mol. The van der Waals surface area contributed by atoms with Crippen LogP contribution in [0.3, 0.4) is 0 Å². The summed E-state index contributed by atoms with van der Waals surface area (Å²) in [6.07, 6.45) is 3.29. The average Bonchev–Trinajstić information content (AvgIpc) is 2.57. The number of aromatic nitrogens is 1. The Bertz CT molecular complexity index is 759. The summed E-state index contributed by atoms with van der Waals surface area (Å²) < 4.78 is 4.88. The lowest BCUT2D eigenvalue weighted by atomic mass is 9.97. The largest absolute Gasteiger partial charge is 0.479 e. The van der Waals surface area contributed by atoms with Crippen LogP contribution in [0.2, 0.25) is 0 Å². The Kier molecular flexibility index (Phi) is 4.39. The molecular formula is C16H14N2O5S. The van der Waals surface area contributed by atoms with Gasteiger partial charge in [0.25, 0.3) is 5.91 Å². The fourth-order valence-electron chi connectivity index (χ4n) is 2.56. The first-order valence-electron chi connectivity index (χ1n) is 7.15. The molecule has 1 saturated heterocycles. The Morgan fingerprint density at radius 1 is 1.46 bits per heavy atom. The number of amides is 1. The first kappa shape index (κ1) is 16.3. The van der Waals surface area contributed by atoms with E-state index in [2.05, 4.69) is 4.98 Å². The van der Waals surface area contributed by atoms with Gasteiger partial charge in [-0.25, -0.2) is 4.79 Å². The van der Waals surface area contributed by atoms with E-state index in [0.717, 1.165) is 0 Å². The summed E-state index contributed by atoms with van der Waals surface area (Å²) in [6.45, 7) is 1.10. The number of pyridine rings is 1. The van der Waals surface area contributed by atoms with Crippen LogP contribution in [-0.4, -0.2) is 50.9 Å². The Hall–Kier alpha value is -2.61. The van der Waals surface area contributed by atoms with Crippen molar-refractivity contribution in [1.29, 1.82) is 0 Å². The van der Waals surface area contributed by atoms with Crippen LogP contribution in [0.1, 0.15) is 12.6 Å². The van der Waals surface area contributed by atoms with Crippen LogP contribution in [0, 0.1) is 0 Å². The molecule has 0 radical (unpaired) electrons. The van der Waals surface area contributed by atoms with Gasteiger partial charge in [0.05, 0.1) is 11.3 Å². The molecule has 0 aliphatic carbocycles. The zero-order valence-electron chi connectivity index (χ0n) is 12.7. The van der Waals surface area contributed by atoms with Crippen molar-refractivity contribution in [3.63, 3.8) is 0 Å². The smallest absolute Gasteiger partial charge is 0.331 e. The van der Waals surface area contributed by atoms with E-state index in [1.807, 2.05) is 6.07 Å². The summed E-state index contributed by atoms with van der Waals surface area (Å²) in [4.78, 5) is 40.4. The minimum atomic E-state index is -1.15. The lowest BCUT2D eigenvalue weighted by molar-refractivity contribution is -0.152. The Morgan fingerprint density at radius 3 is 2.88 bits per heavy atom. The van der Waals surface area contributed by atoms with Gasteiger partial charge in [0.15, 0.2) is 6.04 Å². The molecule has 1 fully saturated rings. The lowest BCUT2D eigenvalue weighted by Gasteiger charge is -2.47. The van der Waals surface area contributed by atoms with Crippen LogP contribution in [0.4, 0.5) is 0 Å². The summed E-state index contributed by atoms with van der Waals surface area (Å²) in [5.74, 6) is -2.00. The minimum Gasteiger partial charge on any atom is -0.479 e. The van der Waals surface area contributed by atoms with E-state index >= 15 is 0 Å². The monoisotopic (exact) mass is 346 g/mol. The van der Waals surface area contributed by atoms with Gasteiger partial charge in [-0.3, -0.25) is 14.6 Å². The van der Waals surface area contributed by atoms with Crippen LogP contribution in [0.15, 0.2) is 41.0 Å². The number of aliphatic carboxylic acids is 1. The maximum atomic E-state index is 12.4. The molecule has 2 aliphatic heterocycles. The van der Waals surface area contributed by atoms with E-state index in [4.69, 9.17) is 4.74 Å². The number of carbonyl (C=O) groups excluding carboxylic acids is 2. The van der Waals surface area contributed by atoms with Crippen LogP contribution in [0.5, 0.6) is 0 Å². The highest BCUT2D eigenvalue weighted by atomic mass is 32.2. The summed E-state index contributed by atoms with van der Waals surface area (Å²) in [5.41, 5.74) is 1.53. The van der Waals surface area contributed by atoms with Gasteiger partial charge in [0.2, 0.25) is 0 Å². The van der Waals surface area contributed by atoms with Crippen molar-refractivity contribution in [3.8, 4) is 0 Å². The van der Waals surface area contributed by atoms with E-state index in [-0.39, 0.29) is 17.9 Å². The van der Waals surface area contributed by atoms with E-state index in [0.29, 0.717) is 16.8 Å². The molecule has 7 nitrogen and oxygen atoms in total. The Balaban J connectivity index is 1.85. The molecule has 2 aliphatic rings. The third-order valence-corrected chi connectivity index (χ3v) is 4.82. The van der Waals surface area contributed by atoms with Gasteiger partial charge in [0.1, 0.15) is 12.0 Å². The molecule has 24 heavy (non-hydrogen) atoms. The molecule has 1 aromatic heterocycles. The number of carboxylic acids is 1. The van der Waals surface area contributed by atoms with Crippen molar-refractivity contribution in [2.45, 2.75) is 18.3 Å². The van der Waals surface area contributed by atoms with Crippen molar-refractivity contribution in [2.24, 2.45) is 0 Å². The molecule has 1 unspecified atom stereocenters. The molecule has 3 heterocycles. The molecule has 0 aromatic carbocycles. The topological polar surface area (TPSA) is 96.8 Å². The third kappa shape index (κ3) is 2.92. The molecule has 8 heteroatoms. The van der Waals surface area contributed by atoms with Gasteiger partial charge in [-0.1, -0.05) is 6.07 Å². The number of hydrogen-bond acceptors (Lipinski definition) is 6. The standard InChI is InChI=1S/C16H14N2O5S/c1-9(19)23-7-10-8-24-15-12(6-11-4-2-3-5-17-11)14(20)18(15)13(10)16(21)22/h2-6,8,13,15H,7H2,1H3,(H,21,22)/t13?,15-/m0/s1. The van der Waals surface area contributed by atoms with Crippen molar-refractivity contribution < 1.29 is 24.2 Å². The quantitative estimate of drug-likeness (QED) is 0.498. The molecule has 1 aromatic rings. The second-order valence-corrected chi connectivity index (χ2v) is 6.22. The number of hydrogen-bond donors (Lipinski definition) is 1. The summed E-state index contributed by atoms with van der Waals surface area (Å²) in [7, 11) is 0. The van der Waals surface area contributed by atoms with Crippen LogP contribution in [0.25, 0.3) is 6.08 Å². The molecule has 2 atom stereocenters. The number of carbonyl (C=O) groups is 3. The highest BCUT2D eigenvalue weighted by molar-refractivity contribution is 8.03. The van der Waals surface area contributed by atoms with E-state index in [9.17, 15) is 19.5 Å². The fourth-order valence-corrected chi connectivity index (χ4v) is 3.73. The van der Waals surface area contributed by atoms with Crippen LogP contribution in [-0.2, 0) is 19.1 Å². The SMILES string of the molecule is CC(=O)OCC1=CS[C@H]2C(=Cc3ccccn3)C(=O)N2C1C(=O)O. The molecule has 1 N–H and O–H groups in total. The number of esters is 1. The van der Waals surface area contributed by atoms with Gasteiger partial charge in [-0.2, -0.15) is 0 Å². The molecule has 0 saturated carbocycles. The predicted octanol–water partition coefficient (Wildman–Crippen LogP) is 1.28. The first-order chi connectivity index (χ1) is 11.5. The van der Waals surface area contributed by atoms with Gasteiger partial charge in [0, 0.05) is 18.7 Å². The number of ether oxygens (including phenoxy) is 1. The Labute approximate surface area is 142 Å². The van der Waals surface area contributed by atoms with Gasteiger partial charge >= 0.3 is 11.9 Å². The second-order valence-electron chi connectivity index (χ2n) is 5.27. The van der Waals surface area contributed by atoms with Gasteiger partial charge in [-0.05, 0) is 23.6 Å². The number of fused-ring (bicyclic) bond motifs is 1. The maximum absolute atomic E-state index is 12.4. The highest BCUT2D eigenvalue weighted by Gasteiger charge is 2.51. The van der Waals surface area contributed by atoms with E-state index in [1.54, 1.807) is 29.8 Å². The first-order valence-corrected chi connectivity index (χ1v) is 8.09. The number of thioether (sulfide) groups is 1. The molecule has 3 rings (SSSR count). The number of nitrogens with zero attached hydrogens (tertiary/aromatic N) is 2. The third-order valence-electron chi connectivity index (χ3n) is 3.65. The normalized spacial score (nSPS) is 24.0. The molecule has 0 spiro atoms. The maximum Gasteiger partial charge on any atom is 0.331 e. The number of β-lactam (4-membered cyclic amide) rings is 1. The van der Waals surface area contributed by atoms with E-state index < -0.39 is 18.0 Å². The molecule has 124 valence electrons. The molecular weight excluding hydrogens is 332 g/mol. The minimum absolute atomic E-state index is 0.144. The van der Waals surface area contributed by atoms with E-state index in [1.165, 1.54) is 23.6 Å². The zero-order valence-corrected chi connectivity index (χ0v) is 13.5. The van der Waals surface area contributed by atoms with Crippen LogP contribution >= 0.6 is 11.8 Å².